The van der Waals surface area contributed by atoms with E-state index in [4.69, 9.17) is 4.42 Å². The van der Waals surface area contributed by atoms with Crippen molar-refractivity contribution in [3.05, 3.63) is 54.3 Å². The molecule has 5 nitrogen and oxygen atoms in total. The number of aliphatic carboxylic acids is 1. The number of rotatable bonds is 4. The summed E-state index contributed by atoms with van der Waals surface area (Å²) in [6.07, 6.45) is 4.56. The van der Waals surface area contributed by atoms with Crippen LogP contribution in [0.3, 0.4) is 0 Å². The molecular formula is C20H18NO4-. The summed E-state index contributed by atoms with van der Waals surface area (Å²) in [4.78, 5) is 24.4. The number of benzene rings is 1. The van der Waals surface area contributed by atoms with E-state index in [1.807, 2.05) is 49.4 Å². The van der Waals surface area contributed by atoms with E-state index in [-0.39, 0.29) is 17.7 Å². The van der Waals surface area contributed by atoms with Crippen LogP contribution in [0.15, 0.2) is 53.0 Å². The molecular weight excluding hydrogens is 318 g/mol. The lowest BCUT2D eigenvalue weighted by Gasteiger charge is -2.28. The van der Waals surface area contributed by atoms with Crippen LogP contribution in [0.2, 0.25) is 0 Å². The maximum atomic E-state index is 12.8. The van der Waals surface area contributed by atoms with Crippen molar-refractivity contribution in [2.45, 2.75) is 13.3 Å². The SMILES string of the molecule is Cc1ccc(-c2ccccc2NC(=O)[C@H]2[C@@H](C(=O)[O-])[C@@H]3C=C[C@@H]2C3)o1. The summed E-state index contributed by atoms with van der Waals surface area (Å²) in [5.74, 6) is -1.46. The van der Waals surface area contributed by atoms with E-state index < -0.39 is 17.8 Å². The third kappa shape index (κ3) is 2.65. The number of anilines is 1. The van der Waals surface area contributed by atoms with Gasteiger partial charge in [0.2, 0.25) is 5.91 Å². The van der Waals surface area contributed by atoms with Gasteiger partial charge < -0.3 is 19.6 Å². The molecule has 0 radical (unpaired) electrons. The Bertz CT molecular complexity index is 866. The molecule has 2 aliphatic carbocycles. The number of carboxylic acids is 1. The smallest absolute Gasteiger partial charge is 0.228 e. The Hall–Kier alpha value is -2.82. The molecule has 0 spiro atoms. The number of para-hydroxylation sites is 1. The minimum atomic E-state index is -1.15. The molecule has 5 heteroatoms. The normalized spacial score (nSPS) is 26.8. The van der Waals surface area contributed by atoms with Gasteiger partial charge in [0.1, 0.15) is 11.5 Å². The van der Waals surface area contributed by atoms with Gasteiger partial charge in [-0.3, -0.25) is 4.79 Å². The number of carbonyl (C=O) groups is 2. The first-order valence-corrected chi connectivity index (χ1v) is 8.40. The number of amides is 1. The van der Waals surface area contributed by atoms with Gasteiger partial charge in [-0.1, -0.05) is 24.3 Å². The molecule has 0 saturated heterocycles. The Labute approximate surface area is 145 Å². The van der Waals surface area contributed by atoms with Gasteiger partial charge in [-0.2, -0.15) is 0 Å². The zero-order valence-corrected chi connectivity index (χ0v) is 13.8. The van der Waals surface area contributed by atoms with E-state index in [9.17, 15) is 14.7 Å². The molecule has 1 amide bonds. The molecule has 1 fully saturated rings. The Morgan fingerprint density at radius 3 is 2.48 bits per heavy atom. The molecule has 2 aromatic rings. The third-order valence-electron chi connectivity index (χ3n) is 5.22. The number of carbonyl (C=O) groups excluding carboxylic acids is 2. The van der Waals surface area contributed by atoms with Gasteiger partial charge in [-0.25, -0.2) is 0 Å². The van der Waals surface area contributed by atoms with Crippen LogP contribution in [0, 0.1) is 30.6 Å². The van der Waals surface area contributed by atoms with Crippen molar-refractivity contribution in [1.29, 1.82) is 0 Å². The average molecular weight is 336 g/mol. The molecule has 1 heterocycles. The highest BCUT2D eigenvalue weighted by atomic mass is 16.4. The van der Waals surface area contributed by atoms with Crippen molar-refractivity contribution in [3.63, 3.8) is 0 Å². The lowest BCUT2D eigenvalue weighted by molar-refractivity contribution is -0.313. The van der Waals surface area contributed by atoms with Gasteiger partial charge in [0.05, 0.1) is 11.6 Å². The van der Waals surface area contributed by atoms with Crippen molar-refractivity contribution in [1.82, 2.24) is 0 Å². The van der Waals surface area contributed by atoms with Crippen LogP contribution in [-0.2, 0) is 9.59 Å². The lowest BCUT2D eigenvalue weighted by atomic mass is 9.82. The summed E-state index contributed by atoms with van der Waals surface area (Å²) in [5, 5.41) is 14.4. The zero-order valence-electron chi connectivity index (χ0n) is 13.8. The summed E-state index contributed by atoms with van der Waals surface area (Å²) >= 11 is 0. The fourth-order valence-electron chi connectivity index (χ4n) is 4.10. The highest BCUT2D eigenvalue weighted by Crippen LogP contribution is 2.48. The van der Waals surface area contributed by atoms with Gasteiger partial charge in [-0.15, -0.1) is 0 Å². The molecule has 0 unspecified atom stereocenters. The molecule has 2 bridgehead atoms. The van der Waals surface area contributed by atoms with Crippen molar-refractivity contribution < 1.29 is 19.1 Å². The van der Waals surface area contributed by atoms with Crippen LogP contribution in [0.5, 0.6) is 0 Å². The molecule has 1 aromatic carbocycles. The maximum Gasteiger partial charge on any atom is 0.228 e. The average Bonchev–Trinajstić information content (AvgIpc) is 3.30. The van der Waals surface area contributed by atoms with Crippen LogP contribution < -0.4 is 10.4 Å². The molecule has 1 saturated carbocycles. The first kappa shape index (κ1) is 15.7. The Morgan fingerprint density at radius 2 is 1.80 bits per heavy atom. The number of carboxylic acid groups (broad SMARTS) is 1. The number of hydrogen-bond donors (Lipinski definition) is 1. The highest BCUT2D eigenvalue weighted by Gasteiger charge is 2.48. The van der Waals surface area contributed by atoms with Gasteiger partial charge in [-0.05, 0) is 49.4 Å². The Morgan fingerprint density at radius 1 is 1.08 bits per heavy atom. The standard InChI is InChI=1S/C20H19NO4/c1-11-6-9-16(25-11)14-4-2-3-5-15(14)21-19(22)17-12-7-8-13(10-12)18(17)20(23)24/h2-9,12-13,17-18H,10H2,1H3,(H,21,22)(H,23,24)/p-1/t12-,13-,17-,18+/m1/s1. The predicted octanol–water partition coefficient (Wildman–Crippen LogP) is 2.38. The molecule has 1 aromatic heterocycles. The first-order valence-electron chi connectivity index (χ1n) is 8.40. The summed E-state index contributed by atoms with van der Waals surface area (Å²) in [7, 11) is 0. The molecule has 4 rings (SSSR count). The van der Waals surface area contributed by atoms with Gasteiger partial charge in [0, 0.05) is 17.5 Å². The second-order valence-corrected chi connectivity index (χ2v) is 6.76. The number of hydrogen-bond acceptors (Lipinski definition) is 4. The number of fused-ring (bicyclic) bond motifs is 2. The van der Waals surface area contributed by atoms with Crippen LogP contribution in [-0.4, -0.2) is 11.9 Å². The fourth-order valence-corrected chi connectivity index (χ4v) is 4.10. The highest BCUT2D eigenvalue weighted by molar-refractivity contribution is 5.99. The molecule has 4 atom stereocenters. The van der Waals surface area contributed by atoms with Crippen molar-refractivity contribution in [3.8, 4) is 11.3 Å². The lowest BCUT2D eigenvalue weighted by Crippen LogP contribution is -2.42. The quantitative estimate of drug-likeness (QED) is 0.869. The first-order chi connectivity index (χ1) is 12.0. The molecule has 0 aliphatic heterocycles. The molecule has 2 aliphatic rings. The Kier molecular flexibility index (Phi) is 3.71. The topological polar surface area (TPSA) is 82.4 Å². The molecule has 128 valence electrons. The number of nitrogens with one attached hydrogen (secondary N) is 1. The number of aryl methyl sites for hydroxylation is 1. The van der Waals surface area contributed by atoms with Crippen LogP contribution in [0.25, 0.3) is 11.3 Å². The van der Waals surface area contributed by atoms with E-state index in [0.717, 1.165) is 11.3 Å². The number of allylic oxidation sites excluding steroid dienone is 2. The minimum Gasteiger partial charge on any atom is -0.550 e. The molecule has 1 N–H and O–H groups in total. The predicted molar refractivity (Wildman–Crippen MR) is 90.2 cm³/mol. The summed E-state index contributed by atoms with van der Waals surface area (Å²) < 4.78 is 5.66. The van der Waals surface area contributed by atoms with E-state index in [2.05, 4.69) is 5.32 Å². The van der Waals surface area contributed by atoms with Crippen LogP contribution in [0.4, 0.5) is 5.69 Å². The van der Waals surface area contributed by atoms with Crippen LogP contribution in [0.1, 0.15) is 12.2 Å². The summed E-state index contributed by atoms with van der Waals surface area (Å²) in [5.41, 5.74) is 1.39. The molecule has 25 heavy (non-hydrogen) atoms. The number of furan rings is 1. The summed E-state index contributed by atoms with van der Waals surface area (Å²) in [6, 6.07) is 11.1. The Balaban J connectivity index is 1.62. The van der Waals surface area contributed by atoms with Gasteiger partial charge in [0.25, 0.3) is 0 Å². The van der Waals surface area contributed by atoms with Gasteiger partial charge >= 0.3 is 0 Å². The third-order valence-corrected chi connectivity index (χ3v) is 5.22. The summed E-state index contributed by atoms with van der Waals surface area (Å²) in [6.45, 7) is 1.86. The van der Waals surface area contributed by atoms with E-state index in [0.29, 0.717) is 17.9 Å². The van der Waals surface area contributed by atoms with E-state index >= 15 is 0 Å². The second kappa shape index (κ2) is 5.92. The minimum absolute atomic E-state index is 0.0362. The van der Waals surface area contributed by atoms with Crippen molar-refractivity contribution in [2.75, 3.05) is 5.32 Å². The van der Waals surface area contributed by atoms with Crippen molar-refractivity contribution in [2.24, 2.45) is 23.7 Å². The van der Waals surface area contributed by atoms with E-state index in [1.54, 1.807) is 6.07 Å². The fraction of sp³-hybridized carbons (Fsp3) is 0.300. The van der Waals surface area contributed by atoms with Crippen LogP contribution >= 0.6 is 0 Å². The zero-order chi connectivity index (χ0) is 17.6. The van der Waals surface area contributed by atoms with Crippen molar-refractivity contribution >= 4 is 17.6 Å². The van der Waals surface area contributed by atoms with E-state index in [1.165, 1.54) is 0 Å². The largest absolute Gasteiger partial charge is 0.550 e. The maximum absolute atomic E-state index is 12.8. The second-order valence-electron chi connectivity index (χ2n) is 6.76. The monoisotopic (exact) mass is 336 g/mol. The van der Waals surface area contributed by atoms with Gasteiger partial charge in [0.15, 0.2) is 0 Å².